The molecule has 118 valence electrons. The highest BCUT2D eigenvalue weighted by molar-refractivity contribution is 5.85. The molecule has 0 aliphatic rings. The topological polar surface area (TPSA) is 29.1 Å². The highest BCUT2D eigenvalue weighted by Crippen LogP contribution is 2.14. The highest BCUT2D eigenvalue weighted by atomic mass is 19.1. The van der Waals surface area contributed by atoms with E-state index in [1.807, 2.05) is 27.7 Å². The number of ketones is 1. The predicted octanol–water partition coefficient (Wildman–Crippen LogP) is 3.88. The number of hydrogen-bond acceptors (Lipinski definition) is 2. The van der Waals surface area contributed by atoms with Crippen molar-refractivity contribution in [2.45, 2.75) is 59.0 Å². The SMILES string of the molecule is CC(C)NC(CCCc1ccc(F)cc1F)C(=O)C(C)C. The summed E-state index contributed by atoms with van der Waals surface area (Å²) in [5.74, 6) is -0.920. The van der Waals surface area contributed by atoms with Crippen LogP contribution >= 0.6 is 0 Å². The van der Waals surface area contributed by atoms with Crippen LogP contribution in [0.4, 0.5) is 8.78 Å². The molecule has 0 fully saturated rings. The van der Waals surface area contributed by atoms with Crippen molar-refractivity contribution in [1.82, 2.24) is 5.32 Å². The van der Waals surface area contributed by atoms with Gasteiger partial charge in [0.1, 0.15) is 11.6 Å². The van der Waals surface area contributed by atoms with E-state index in [0.717, 1.165) is 6.07 Å². The summed E-state index contributed by atoms with van der Waals surface area (Å²) in [7, 11) is 0. The fourth-order valence-corrected chi connectivity index (χ4v) is 2.33. The number of hydrogen-bond donors (Lipinski definition) is 1. The lowest BCUT2D eigenvalue weighted by Gasteiger charge is -2.22. The number of halogens is 2. The van der Waals surface area contributed by atoms with Crippen LogP contribution in [0.3, 0.4) is 0 Å². The minimum atomic E-state index is -0.564. The second-order valence-electron chi connectivity index (χ2n) is 6.06. The Morgan fingerprint density at radius 3 is 2.38 bits per heavy atom. The number of nitrogens with one attached hydrogen (secondary N) is 1. The van der Waals surface area contributed by atoms with Crippen LogP contribution in [-0.2, 0) is 11.2 Å². The summed E-state index contributed by atoms with van der Waals surface area (Å²) in [5.41, 5.74) is 0.497. The van der Waals surface area contributed by atoms with Gasteiger partial charge in [-0.25, -0.2) is 8.78 Å². The van der Waals surface area contributed by atoms with E-state index >= 15 is 0 Å². The summed E-state index contributed by atoms with van der Waals surface area (Å²) in [6.45, 7) is 7.77. The third-order valence-corrected chi connectivity index (χ3v) is 3.40. The van der Waals surface area contributed by atoms with Gasteiger partial charge in [-0.1, -0.05) is 33.8 Å². The first-order valence-corrected chi connectivity index (χ1v) is 7.55. The first-order chi connectivity index (χ1) is 9.81. The molecule has 4 heteroatoms. The van der Waals surface area contributed by atoms with E-state index < -0.39 is 11.6 Å². The zero-order valence-electron chi connectivity index (χ0n) is 13.2. The largest absolute Gasteiger partial charge is 0.305 e. The molecule has 0 aliphatic carbocycles. The van der Waals surface area contributed by atoms with Gasteiger partial charge in [-0.05, 0) is 30.9 Å². The molecule has 0 spiro atoms. The summed E-state index contributed by atoms with van der Waals surface area (Å²) in [5, 5.41) is 3.27. The van der Waals surface area contributed by atoms with Gasteiger partial charge in [-0.15, -0.1) is 0 Å². The Balaban J connectivity index is 2.58. The number of benzene rings is 1. The molecule has 1 N–H and O–H groups in total. The van der Waals surface area contributed by atoms with Crippen LogP contribution in [0.5, 0.6) is 0 Å². The lowest BCUT2D eigenvalue weighted by Crippen LogP contribution is -2.42. The maximum atomic E-state index is 13.5. The van der Waals surface area contributed by atoms with Crippen molar-refractivity contribution in [3.63, 3.8) is 0 Å². The molecule has 0 amide bonds. The second kappa shape index (κ2) is 8.23. The predicted molar refractivity (Wildman–Crippen MR) is 81.2 cm³/mol. The van der Waals surface area contributed by atoms with Gasteiger partial charge in [0.2, 0.25) is 0 Å². The van der Waals surface area contributed by atoms with Crippen molar-refractivity contribution in [3.05, 3.63) is 35.4 Å². The lowest BCUT2D eigenvalue weighted by molar-refractivity contribution is -0.124. The van der Waals surface area contributed by atoms with Gasteiger partial charge in [0.15, 0.2) is 5.78 Å². The average molecular weight is 297 g/mol. The Morgan fingerprint density at radius 1 is 1.19 bits per heavy atom. The van der Waals surface area contributed by atoms with Crippen LogP contribution in [0.25, 0.3) is 0 Å². The summed E-state index contributed by atoms with van der Waals surface area (Å²) >= 11 is 0. The molecule has 0 heterocycles. The second-order valence-corrected chi connectivity index (χ2v) is 6.06. The molecule has 0 radical (unpaired) electrons. The molecular formula is C17H25F2NO. The molecule has 0 saturated heterocycles. The van der Waals surface area contributed by atoms with Gasteiger partial charge in [-0.2, -0.15) is 0 Å². The van der Waals surface area contributed by atoms with Gasteiger partial charge >= 0.3 is 0 Å². The Bertz CT molecular complexity index is 472. The third kappa shape index (κ3) is 5.92. The molecule has 0 aliphatic heterocycles. The number of carbonyl (C=O) groups excluding carboxylic acids is 1. The minimum Gasteiger partial charge on any atom is -0.305 e. The monoisotopic (exact) mass is 297 g/mol. The van der Waals surface area contributed by atoms with E-state index in [0.29, 0.717) is 24.8 Å². The van der Waals surface area contributed by atoms with Crippen molar-refractivity contribution in [3.8, 4) is 0 Å². The Labute approximate surface area is 125 Å². The van der Waals surface area contributed by atoms with Crippen LogP contribution in [0.15, 0.2) is 18.2 Å². The van der Waals surface area contributed by atoms with Crippen molar-refractivity contribution in [1.29, 1.82) is 0 Å². The molecule has 0 aromatic heterocycles. The van der Waals surface area contributed by atoms with Crippen LogP contribution < -0.4 is 5.32 Å². The third-order valence-electron chi connectivity index (χ3n) is 3.40. The van der Waals surface area contributed by atoms with Crippen molar-refractivity contribution in [2.75, 3.05) is 0 Å². The van der Waals surface area contributed by atoms with Crippen molar-refractivity contribution in [2.24, 2.45) is 5.92 Å². The fourth-order valence-electron chi connectivity index (χ4n) is 2.33. The summed E-state index contributed by atoms with van der Waals surface area (Å²) in [6, 6.07) is 3.66. The van der Waals surface area contributed by atoms with Gasteiger partial charge < -0.3 is 5.32 Å². The number of aryl methyl sites for hydroxylation is 1. The molecule has 1 unspecified atom stereocenters. The van der Waals surface area contributed by atoms with Crippen LogP contribution in [0, 0.1) is 17.6 Å². The number of Topliss-reactive ketones (excluding diaryl/α,β-unsaturated/α-hetero) is 1. The van der Waals surface area contributed by atoms with E-state index in [9.17, 15) is 13.6 Å². The molecule has 1 atom stereocenters. The normalized spacial score (nSPS) is 13.0. The summed E-state index contributed by atoms with van der Waals surface area (Å²) < 4.78 is 26.4. The molecule has 1 aromatic rings. The molecule has 1 rings (SSSR count). The number of carbonyl (C=O) groups is 1. The quantitative estimate of drug-likeness (QED) is 0.789. The molecule has 2 nitrogen and oxygen atoms in total. The molecule has 1 aromatic carbocycles. The Kier molecular flexibility index (Phi) is 6.96. The zero-order chi connectivity index (χ0) is 16.0. The standard InChI is InChI=1S/C17H25F2NO/c1-11(2)17(21)16(20-12(3)4)7-5-6-13-8-9-14(18)10-15(13)19/h8-12,16,20H,5-7H2,1-4H3. The first kappa shape index (κ1) is 17.8. The van der Waals surface area contributed by atoms with Gasteiger partial charge in [0.25, 0.3) is 0 Å². The highest BCUT2D eigenvalue weighted by Gasteiger charge is 2.21. The van der Waals surface area contributed by atoms with E-state index in [4.69, 9.17) is 0 Å². The minimum absolute atomic E-state index is 0.0243. The molecular weight excluding hydrogens is 272 g/mol. The van der Waals surface area contributed by atoms with Crippen LogP contribution in [0.2, 0.25) is 0 Å². The maximum Gasteiger partial charge on any atom is 0.152 e. The molecule has 0 bridgehead atoms. The summed E-state index contributed by atoms with van der Waals surface area (Å²) in [4.78, 5) is 12.1. The lowest BCUT2D eigenvalue weighted by atomic mass is 9.95. The molecule has 0 saturated carbocycles. The van der Waals surface area contributed by atoms with E-state index in [2.05, 4.69) is 5.32 Å². The average Bonchev–Trinajstić information content (AvgIpc) is 2.38. The Morgan fingerprint density at radius 2 is 1.86 bits per heavy atom. The van der Waals surface area contributed by atoms with Gasteiger partial charge in [0.05, 0.1) is 6.04 Å². The van der Waals surface area contributed by atoms with Crippen LogP contribution in [0.1, 0.15) is 46.1 Å². The van der Waals surface area contributed by atoms with Gasteiger partial charge in [0, 0.05) is 18.0 Å². The van der Waals surface area contributed by atoms with E-state index in [1.54, 1.807) is 0 Å². The smallest absolute Gasteiger partial charge is 0.152 e. The first-order valence-electron chi connectivity index (χ1n) is 7.55. The van der Waals surface area contributed by atoms with Crippen molar-refractivity contribution >= 4 is 5.78 Å². The van der Waals surface area contributed by atoms with Crippen molar-refractivity contribution < 1.29 is 13.6 Å². The van der Waals surface area contributed by atoms with E-state index in [1.165, 1.54) is 12.1 Å². The van der Waals surface area contributed by atoms with Gasteiger partial charge in [-0.3, -0.25) is 4.79 Å². The van der Waals surface area contributed by atoms with Crippen LogP contribution in [-0.4, -0.2) is 17.9 Å². The fraction of sp³-hybridized carbons (Fsp3) is 0.588. The maximum absolute atomic E-state index is 13.5. The van der Waals surface area contributed by atoms with E-state index in [-0.39, 0.29) is 23.8 Å². The Hall–Kier alpha value is -1.29. The zero-order valence-corrected chi connectivity index (χ0v) is 13.2. The molecule has 21 heavy (non-hydrogen) atoms. The number of rotatable bonds is 8. The summed E-state index contributed by atoms with van der Waals surface area (Å²) in [6.07, 6.45) is 1.85.